The van der Waals surface area contributed by atoms with Crippen LogP contribution in [0, 0.1) is 0 Å². The summed E-state index contributed by atoms with van der Waals surface area (Å²) >= 11 is 0. The molecule has 0 bridgehead atoms. The summed E-state index contributed by atoms with van der Waals surface area (Å²) in [6, 6.07) is 7.85. The Balaban J connectivity index is 0.00000196. The zero-order valence-corrected chi connectivity index (χ0v) is 15.5. The third-order valence-corrected chi connectivity index (χ3v) is 4.81. The van der Waals surface area contributed by atoms with E-state index in [9.17, 15) is 4.79 Å². The van der Waals surface area contributed by atoms with Gasteiger partial charge in [0.05, 0.1) is 13.1 Å². The van der Waals surface area contributed by atoms with Crippen LogP contribution >= 0.6 is 12.4 Å². The number of aryl methyl sites for hydroxylation is 1. The molecule has 9 heteroatoms. The van der Waals surface area contributed by atoms with E-state index in [1.807, 2.05) is 29.2 Å². The Morgan fingerprint density at radius 3 is 2.73 bits per heavy atom. The van der Waals surface area contributed by atoms with Gasteiger partial charge in [0.15, 0.2) is 0 Å². The largest absolute Gasteiger partial charge is 0.487 e. The van der Waals surface area contributed by atoms with Crippen molar-refractivity contribution in [3.63, 3.8) is 0 Å². The smallest absolute Gasteiger partial charge is 0.223 e. The highest BCUT2D eigenvalue weighted by molar-refractivity contribution is 5.85. The van der Waals surface area contributed by atoms with E-state index >= 15 is 0 Å². The van der Waals surface area contributed by atoms with Gasteiger partial charge in [-0.3, -0.25) is 4.79 Å². The van der Waals surface area contributed by atoms with Gasteiger partial charge >= 0.3 is 0 Å². The van der Waals surface area contributed by atoms with Crippen molar-refractivity contribution in [2.24, 2.45) is 7.05 Å². The van der Waals surface area contributed by atoms with E-state index in [4.69, 9.17) is 4.74 Å². The van der Waals surface area contributed by atoms with Gasteiger partial charge in [-0.1, -0.05) is 0 Å². The number of aromatic nitrogens is 4. The minimum Gasteiger partial charge on any atom is -0.487 e. The van der Waals surface area contributed by atoms with Gasteiger partial charge < -0.3 is 15.0 Å². The number of rotatable bonds is 4. The third-order valence-electron chi connectivity index (χ3n) is 4.81. The molecule has 2 aliphatic rings. The Morgan fingerprint density at radius 2 is 2.08 bits per heavy atom. The first-order valence-electron chi connectivity index (χ1n) is 8.72. The number of amides is 1. The lowest BCUT2D eigenvalue weighted by molar-refractivity contribution is -0.132. The van der Waals surface area contributed by atoms with Crippen molar-refractivity contribution in [1.82, 2.24) is 30.4 Å². The number of ether oxygens (including phenoxy) is 1. The number of halogens is 1. The quantitative estimate of drug-likeness (QED) is 0.855. The lowest BCUT2D eigenvalue weighted by Gasteiger charge is -2.38. The summed E-state index contributed by atoms with van der Waals surface area (Å²) < 4.78 is 6.21. The van der Waals surface area contributed by atoms with E-state index in [1.165, 1.54) is 4.80 Å². The number of piperidine rings is 1. The van der Waals surface area contributed by atoms with Gasteiger partial charge in [0, 0.05) is 25.1 Å². The second-order valence-electron chi connectivity index (χ2n) is 6.53. The molecule has 2 aliphatic heterocycles. The second-order valence-corrected chi connectivity index (χ2v) is 6.53. The maximum Gasteiger partial charge on any atom is 0.223 e. The number of hydrogen-bond donors (Lipinski definition) is 1. The molecule has 0 spiro atoms. The van der Waals surface area contributed by atoms with Crippen LogP contribution in [0.15, 0.2) is 24.3 Å². The van der Waals surface area contributed by atoms with Crippen LogP contribution in [0.4, 0.5) is 0 Å². The Kier molecular flexibility index (Phi) is 5.73. The minimum atomic E-state index is -0.0312. The van der Waals surface area contributed by atoms with Crippen molar-refractivity contribution in [3.05, 3.63) is 24.3 Å². The van der Waals surface area contributed by atoms with Crippen molar-refractivity contribution in [1.29, 1.82) is 0 Å². The van der Waals surface area contributed by atoms with Gasteiger partial charge in [-0.15, -0.1) is 22.6 Å². The van der Waals surface area contributed by atoms with Gasteiger partial charge in [-0.05, 0) is 48.9 Å². The molecular formula is C17H23ClN6O2. The first kappa shape index (κ1) is 18.6. The molecule has 1 N–H and O–H groups in total. The molecule has 2 aromatic rings. The molecule has 140 valence electrons. The monoisotopic (exact) mass is 378 g/mol. The average molecular weight is 379 g/mol. The number of carbonyl (C=O) groups is 1. The number of nitrogens with zero attached hydrogens (tertiary/aromatic N) is 5. The predicted octanol–water partition coefficient (Wildman–Crippen LogP) is 1.03. The minimum absolute atomic E-state index is 0. The van der Waals surface area contributed by atoms with Crippen molar-refractivity contribution in [2.45, 2.75) is 31.4 Å². The summed E-state index contributed by atoms with van der Waals surface area (Å²) in [4.78, 5) is 15.5. The lowest BCUT2D eigenvalue weighted by atomic mass is 10.0. The molecule has 2 unspecified atom stereocenters. The van der Waals surface area contributed by atoms with E-state index in [2.05, 4.69) is 20.7 Å². The number of carbonyl (C=O) groups excluding carboxylic acids is 1. The van der Waals surface area contributed by atoms with Crippen LogP contribution < -0.4 is 10.1 Å². The number of hydrogen-bond acceptors (Lipinski definition) is 6. The third kappa shape index (κ3) is 3.81. The molecule has 2 saturated heterocycles. The molecule has 8 nitrogen and oxygen atoms in total. The van der Waals surface area contributed by atoms with Gasteiger partial charge in [0.25, 0.3) is 0 Å². The first-order valence-corrected chi connectivity index (χ1v) is 8.72. The highest BCUT2D eigenvalue weighted by Gasteiger charge is 2.36. The molecule has 2 fully saturated rings. The van der Waals surface area contributed by atoms with Crippen molar-refractivity contribution < 1.29 is 9.53 Å². The molecule has 0 aliphatic carbocycles. The summed E-state index contributed by atoms with van der Waals surface area (Å²) in [7, 11) is 1.74. The molecule has 0 saturated carbocycles. The molecular weight excluding hydrogens is 356 g/mol. The standard InChI is InChI=1S/C17H22N6O2.ClH/c1-22-20-17(19-21-22)12-4-6-13(7-5-12)25-15-11-18-9-8-14(15)23-10-2-3-16(23)24;/h4-7,14-15,18H,2-3,8-11H2,1H3;1H. The molecule has 1 aromatic heterocycles. The van der Waals surface area contributed by atoms with Crippen LogP contribution in [0.1, 0.15) is 19.3 Å². The molecule has 1 aromatic carbocycles. The number of likely N-dealkylation sites (tertiary alicyclic amines) is 1. The number of nitrogens with one attached hydrogen (secondary N) is 1. The number of tetrazole rings is 1. The first-order chi connectivity index (χ1) is 12.2. The van der Waals surface area contributed by atoms with E-state index in [1.54, 1.807) is 7.05 Å². The van der Waals surface area contributed by atoms with Crippen molar-refractivity contribution in [2.75, 3.05) is 19.6 Å². The number of benzene rings is 1. The fourth-order valence-corrected chi connectivity index (χ4v) is 3.57. The van der Waals surface area contributed by atoms with Gasteiger partial charge in [0.2, 0.25) is 11.7 Å². The van der Waals surface area contributed by atoms with Gasteiger partial charge in [-0.2, -0.15) is 4.80 Å². The average Bonchev–Trinajstić information content (AvgIpc) is 3.25. The summed E-state index contributed by atoms with van der Waals surface area (Å²) in [6.07, 6.45) is 2.51. The zero-order valence-electron chi connectivity index (χ0n) is 14.7. The van der Waals surface area contributed by atoms with Crippen LogP contribution in [0.3, 0.4) is 0 Å². The molecule has 26 heavy (non-hydrogen) atoms. The predicted molar refractivity (Wildman–Crippen MR) is 98.1 cm³/mol. The second kappa shape index (κ2) is 8.01. The maximum absolute atomic E-state index is 12.1. The topological polar surface area (TPSA) is 85.2 Å². The summed E-state index contributed by atoms with van der Waals surface area (Å²) in [5.41, 5.74) is 0.897. The maximum atomic E-state index is 12.1. The van der Waals surface area contributed by atoms with Crippen LogP contribution in [0.2, 0.25) is 0 Å². The van der Waals surface area contributed by atoms with Crippen LogP contribution in [0.5, 0.6) is 5.75 Å². The highest BCUT2D eigenvalue weighted by atomic mass is 35.5. The zero-order chi connectivity index (χ0) is 17.2. The SMILES string of the molecule is Cl.Cn1nnc(-c2ccc(OC3CNCCC3N3CCCC3=O)cc2)n1. The molecule has 3 heterocycles. The fraction of sp³-hybridized carbons (Fsp3) is 0.529. The van der Waals surface area contributed by atoms with Crippen LogP contribution in [0.25, 0.3) is 11.4 Å². The highest BCUT2D eigenvalue weighted by Crippen LogP contribution is 2.25. The molecule has 0 radical (unpaired) electrons. The fourth-order valence-electron chi connectivity index (χ4n) is 3.57. The van der Waals surface area contributed by atoms with E-state index in [-0.39, 0.29) is 30.5 Å². The Bertz CT molecular complexity index is 750. The van der Waals surface area contributed by atoms with E-state index in [0.29, 0.717) is 12.2 Å². The summed E-state index contributed by atoms with van der Waals surface area (Å²) in [5.74, 6) is 1.64. The Hall–Kier alpha value is -2.19. The normalized spacial score (nSPS) is 23.0. The summed E-state index contributed by atoms with van der Waals surface area (Å²) in [6.45, 7) is 2.52. The van der Waals surface area contributed by atoms with Crippen molar-refractivity contribution in [3.8, 4) is 17.1 Å². The molecule has 2 atom stereocenters. The Labute approximate surface area is 158 Å². The van der Waals surface area contributed by atoms with Crippen LogP contribution in [-0.2, 0) is 11.8 Å². The van der Waals surface area contributed by atoms with Crippen molar-refractivity contribution >= 4 is 18.3 Å². The lowest BCUT2D eigenvalue weighted by Crippen LogP contribution is -2.55. The Morgan fingerprint density at radius 1 is 1.27 bits per heavy atom. The van der Waals surface area contributed by atoms with Crippen LogP contribution in [-0.4, -0.2) is 62.8 Å². The van der Waals surface area contributed by atoms with E-state index < -0.39 is 0 Å². The van der Waals surface area contributed by atoms with Gasteiger partial charge in [-0.25, -0.2) is 0 Å². The van der Waals surface area contributed by atoms with E-state index in [0.717, 1.165) is 43.8 Å². The van der Waals surface area contributed by atoms with Gasteiger partial charge in [0.1, 0.15) is 11.9 Å². The molecule has 4 rings (SSSR count). The molecule has 1 amide bonds. The summed E-state index contributed by atoms with van der Waals surface area (Å²) in [5, 5.41) is 15.4.